The fourth-order valence-electron chi connectivity index (χ4n) is 3.80. The van der Waals surface area contributed by atoms with Gasteiger partial charge in [-0.15, -0.1) is 0 Å². The number of fused-ring (bicyclic) bond motifs is 1. The van der Waals surface area contributed by atoms with Gasteiger partial charge >= 0.3 is 0 Å². The first-order valence-electron chi connectivity index (χ1n) is 10.4. The fraction of sp³-hybridized carbons (Fsp3) is 0.348. The van der Waals surface area contributed by atoms with Gasteiger partial charge in [0, 0.05) is 13.1 Å². The number of thioether (sulfide) groups is 1. The van der Waals surface area contributed by atoms with E-state index in [9.17, 15) is 14.0 Å². The molecule has 1 aliphatic heterocycles. The Morgan fingerprint density at radius 3 is 2.55 bits per heavy atom. The Labute approximate surface area is 189 Å². The lowest BCUT2D eigenvalue weighted by molar-refractivity contribution is -0.130. The summed E-state index contributed by atoms with van der Waals surface area (Å²) in [4.78, 5) is 33.0. The van der Waals surface area contributed by atoms with Gasteiger partial charge in [-0.3, -0.25) is 14.2 Å². The van der Waals surface area contributed by atoms with E-state index in [2.05, 4.69) is 4.98 Å². The number of para-hydroxylation sites is 1. The lowest BCUT2D eigenvalue weighted by Gasteiger charge is -2.24. The minimum absolute atomic E-state index is 0.0398. The summed E-state index contributed by atoms with van der Waals surface area (Å²) in [5.41, 5.74) is 0.672. The standard InChI is InChI=1S/C23H23ClFN3O2S/c1-15(21(29)27-12-6-2-3-7-13-27)31-23-26-20-9-5-4-8-17(20)22(30)28(23)16-10-11-19(25)18(24)14-16/h4-5,8-11,14-15H,2-3,6-7,12-13H2,1H3. The lowest BCUT2D eigenvalue weighted by atomic mass is 10.2. The molecule has 0 N–H and O–H groups in total. The molecule has 8 heteroatoms. The molecule has 2 aromatic carbocycles. The average molecular weight is 460 g/mol. The molecule has 1 atom stereocenters. The molecule has 1 fully saturated rings. The minimum Gasteiger partial charge on any atom is -0.342 e. The number of hydrogen-bond donors (Lipinski definition) is 0. The molecule has 3 aromatic rings. The second-order valence-electron chi connectivity index (χ2n) is 7.65. The van der Waals surface area contributed by atoms with Gasteiger partial charge in [0.15, 0.2) is 5.16 Å². The Bertz CT molecular complexity index is 1180. The quantitative estimate of drug-likeness (QED) is 0.404. The third kappa shape index (κ3) is 4.62. The maximum atomic E-state index is 13.7. The number of likely N-dealkylation sites (tertiary alicyclic amines) is 1. The maximum Gasteiger partial charge on any atom is 0.266 e. The number of benzene rings is 2. The van der Waals surface area contributed by atoms with E-state index in [-0.39, 0.29) is 16.5 Å². The van der Waals surface area contributed by atoms with Crippen LogP contribution in [0.15, 0.2) is 52.4 Å². The zero-order valence-corrected chi connectivity index (χ0v) is 18.8. The second kappa shape index (κ2) is 9.40. The first-order chi connectivity index (χ1) is 15.0. The molecule has 162 valence electrons. The molecule has 0 spiro atoms. The van der Waals surface area contributed by atoms with E-state index in [1.807, 2.05) is 17.9 Å². The summed E-state index contributed by atoms with van der Waals surface area (Å²) >= 11 is 7.22. The molecule has 1 aliphatic rings. The molecule has 0 radical (unpaired) electrons. The third-order valence-corrected chi connectivity index (χ3v) is 6.78. The van der Waals surface area contributed by atoms with Gasteiger partial charge in [-0.05, 0) is 50.1 Å². The Morgan fingerprint density at radius 2 is 1.84 bits per heavy atom. The van der Waals surface area contributed by atoms with Crippen molar-refractivity contribution in [2.45, 2.75) is 43.0 Å². The normalized spacial score (nSPS) is 15.6. The summed E-state index contributed by atoms with van der Waals surface area (Å²) < 4.78 is 15.1. The highest BCUT2D eigenvalue weighted by atomic mass is 35.5. The third-order valence-electron chi connectivity index (χ3n) is 5.45. The Balaban J connectivity index is 1.76. The molecule has 0 bridgehead atoms. The largest absolute Gasteiger partial charge is 0.342 e. The summed E-state index contributed by atoms with van der Waals surface area (Å²) in [6.45, 7) is 3.35. The summed E-state index contributed by atoms with van der Waals surface area (Å²) in [5, 5.41) is 0.316. The molecular formula is C23H23ClFN3O2S. The van der Waals surface area contributed by atoms with Gasteiger partial charge in [0.25, 0.3) is 5.56 Å². The summed E-state index contributed by atoms with van der Waals surface area (Å²) in [5.74, 6) is -0.524. The van der Waals surface area contributed by atoms with Crippen molar-refractivity contribution in [3.8, 4) is 5.69 Å². The van der Waals surface area contributed by atoms with Crippen LogP contribution in [0.4, 0.5) is 4.39 Å². The molecule has 1 aromatic heterocycles. The Hall–Kier alpha value is -2.38. The first kappa shape index (κ1) is 21.8. The number of halogens is 2. The highest BCUT2D eigenvalue weighted by Crippen LogP contribution is 2.28. The zero-order chi connectivity index (χ0) is 22.0. The molecular weight excluding hydrogens is 437 g/mol. The number of aromatic nitrogens is 2. The summed E-state index contributed by atoms with van der Waals surface area (Å²) in [7, 11) is 0. The molecule has 0 saturated carbocycles. The second-order valence-corrected chi connectivity index (χ2v) is 9.37. The molecule has 31 heavy (non-hydrogen) atoms. The molecule has 1 amide bonds. The van der Waals surface area contributed by atoms with Gasteiger partial charge < -0.3 is 4.90 Å². The van der Waals surface area contributed by atoms with Crippen LogP contribution in [0, 0.1) is 5.82 Å². The summed E-state index contributed by atoms with van der Waals surface area (Å²) in [6.07, 6.45) is 4.30. The zero-order valence-electron chi connectivity index (χ0n) is 17.2. The highest BCUT2D eigenvalue weighted by molar-refractivity contribution is 8.00. The van der Waals surface area contributed by atoms with Gasteiger partial charge in [0.1, 0.15) is 5.82 Å². The first-order valence-corrected chi connectivity index (χ1v) is 11.6. The van der Waals surface area contributed by atoms with Crippen molar-refractivity contribution in [3.05, 3.63) is 63.7 Å². The molecule has 5 nitrogen and oxygen atoms in total. The lowest BCUT2D eigenvalue weighted by Crippen LogP contribution is -2.37. The van der Waals surface area contributed by atoms with E-state index >= 15 is 0 Å². The van der Waals surface area contributed by atoms with Crippen molar-refractivity contribution in [2.75, 3.05) is 13.1 Å². The van der Waals surface area contributed by atoms with Gasteiger partial charge in [-0.25, -0.2) is 9.37 Å². The van der Waals surface area contributed by atoms with E-state index in [1.165, 1.54) is 34.5 Å². The predicted octanol–water partition coefficient (Wildman–Crippen LogP) is 5.06. The number of nitrogens with zero attached hydrogens (tertiary/aromatic N) is 3. The molecule has 1 saturated heterocycles. The van der Waals surface area contributed by atoms with Gasteiger partial charge in [0.05, 0.1) is 26.9 Å². The number of rotatable bonds is 4. The number of hydrogen-bond acceptors (Lipinski definition) is 4. The van der Waals surface area contributed by atoms with Crippen LogP contribution in [0.5, 0.6) is 0 Å². The van der Waals surface area contributed by atoms with Crippen LogP contribution in [0.25, 0.3) is 16.6 Å². The van der Waals surface area contributed by atoms with Crippen LogP contribution in [-0.4, -0.2) is 38.7 Å². The number of amides is 1. The van der Waals surface area contributed by atoms with Crippen molar-refractivity contribution < 1.29 is 9.18 Å². The highest BCUT2D eigenvalue weighted by Gasteiger charge is 2.25. The minimum atomic E-state index is -0.564. The topological polar surface area (TPSA) is 55.2 Å². The van der Waals surface area contributed by atoms with Crippen LogP contribution in [0.2, 0.25) is 5.02 Å². The SMILES string of the molecule is CC(Sc1nc2ccccc2c(=O)n1-c1ccc(F)c(Cl)c1)C(=O)N1CCCCCC1. The summed E-state index contributed by atoms with van der Waals surface area (Å²) in [6, 6.07) is 11.2. The van der Waals surface area contributed by atoms with Gasteiger partial charge in [-0.2, -0.15) is 0 Å². The van der Waals surface area contributed by atoms with Crippen LogP contribution in [0.3, 0.4) is 0 Å². The van der Waals surface area contributed by atoms with Crippen LogP contribution < -0.4 is 5.56 Å². The van der Waals surface area contributed by atoms with E-state index < -0.39 is 11.1 Å². The van der Waals surface area contributed by atoms with Crippen molar-refractivity contribution in [3.63, 3.8) is 0 Å². The van der Waals surface area contributed by atoms with Crippen molar-refractivity contribution >= 4 is 40.2 Å². The van der Waals surface area contributed by atoms with E-state index in [0.29, 0.717) is 21.7 Å². The van der Waals surface area contributed by atoms with Crippen LogP contribution in [-0.2, 0) is 4.79 Å². The van der Waals surface area contributed by atoms with Crippen LogP contribution >= 0.6 is 23.4 Å². The van der Waals surface area contributed by atoms with E-state index in [0.717, 1.165) is 38.8 Å². The number of carbonyl (C=O) groups excluding carboxylic acids is 1. The molecule has 0 aliphatic carbocycles. The van der Waals surface area contributed by atoms with E-state index in [4.69, 9.17) is 11.6 Å². The fourth-order valence-corrected chi connectivity index (χ4v) is 4.99. The monoisotopic (exact) mass is 459 g/mol. The molecule has 4 rings (SSSR count). The van der Waals surface area contributed by atoms with Gasteiger partial charge in [0.2, 0.25) is 5.91 Å². The van der Waals surface area contributed by atoms with Crippen molar-refractivity contribution in [1.82, 2.24) is 14.5 Å². The molecule has 2 heterocycles. The van der Waals surface area contributed by atoms with Crippen molar-refractivity contribution in [2.24, 2.45) is 0 Å². The maximum absolute atomic E-state index is 13.7. The Morgan fingerprint density at radius 1 is 1.13 bits per heavy atom. The predicted molar refractivity (Wildman–Crippen MR) is 123 cm³/mol. The van der Waals surface area contributed by atoms with Crippen molar-refractivity contribution in [1.29, 1.82) is 0 Å². The smallest absolute Gasteiger partial charge is 0.266 e. The van der Waals surface area contributed by atoms with Crippen LogP contribution in [0.1, 0.15) is 32.6 Å². The average Bonchev–Trinajstić information content (AvgIpc) is 3.05. The number of carbonyl (C=O) groups is 1. The Kier molecular flexibility index (Phi) is 6.62. The van der Waals surface area contributed by atoms with Gasteiger partial charge in [-0.1, -0.05) is 48.3 Å². The van der Waals surface area contributed by atoms with E-state index in [1.54, 1.807) is 18.2 Å². The molecule has 1 unspecified atom stereocenters.